The lowest BCUT2D eigenvalue weighted by atomic mass is 9.96. The number of hydrogen-bond acceptors (Lipinski definition) is 0. The Balaban J connectivity index is 0.00000220. The van der Waals surface area contributed by atoms with Crippen LogP contribution in [0.3, 0.4) is 0 Å². The maximum atomic E-state index is 2.37. The Morgan fingerprint density at radius 2 is 1.43 bits per heavy atom. The van der Waals surface area contributed by atoms with Crippen molar-refractivity contribution in [1.29, 1.82) is 0 Å². The molecule has 0 aliphatic carbocycles. The SMILES string of the molecule is CCc1ccc(PCc2ccccc2)c(CC)c1CC.Cl. The lowest BCUT2D eigenvalue weighted by molar-refractivity contribution is 0.988. The second kappa shape index (κ2) is 9.23. The number of aryl methyl sites for hydroxylation is 1. The van der Waals surface area contributed by atoms with Crippen LogP contribution in [0.2, 0.25) is 0 Å². The second-order valence-corrected chi connectivity index (χ2v) is 6.37. The minimum absolute atomic E-state index is 0. The van der Waals surface area contributed by atoms with Gasteiger partial charge in [-0.2, -0.15) is 0 Å². The van der Waals surface area contributed by atoms with Crippen LogP contribution in [0.25, 0.3) is 0 Å². The minimum atomic E-state index is 0. The van der Waals surface area contributed by atoms with E-state index in [0.29, 0.717) is 0 Å². The van der Waals surface area contributed by atoms with E-state index in [4.69, 9.17) is 0 Å². The number of benzene rings is 2. The first-order valence-corrected chi connectivity index (χ1v) is 8.92. The molecular formula is C19H26ClP. The Morgan fingerprint density at radius 1 is 0.762 bits per heavy atom. The van der Waals surface area contributed by atoms with E-state index in [-0.39, 0.29) is 12.4 Å². The zero-order chi connectivity index (χ0) is 14.4. The molecule has 0 saturated heterocycles. The summed E-state index contributed by atoms with van der Waals surface area (Å²) in [6.07, 6.45) is 4.64. The highest BCUT2D eigenvalue weighted by molar-refractivity contribution is 7.46. The average molecular weight is 321 g/mol. The summed E-state index contributed by atoms with van der Waals surface area (Å²) < 4.78 is 0. The molecule has 114 valence electrons. The molecule has 0 aromatic heterocycles. The molecule has 0 N–H and O–H groups in total. The Morgan fingerprint density at radius 3 is 2.00 bits per heavy atom. The third-order valence-corrected chi connectivity index (χ3v) is 5.38. The number of rotatable bonds is 6. The molecule has 0 aliphatic rings. The number of halogens is 1. The van der Waals surface area contributed by atoms with Crippen LogP contribution in [0.5, 0.6) is 0 Å². The van der Waals surface area contributed by atoms with E-state index in [1.54, 1.807) is 16.4 Å². The lowest BCUT2D eigenvalue weighted by Gasteiger charge is -2.16. The molecule has 2 heteroatoms. The molecular weight excluding hydrogens is 295 g/mol. The van der Waals surface area contributed by atoms with Crippen LogP contribution in [-0.2, 0) is 25.4 Å². The molecule has 0 saturated carbocycles. The van der Waals surface area contributed by atoms with Crippen molar-refractivity contribution in [2.75, 3.05) is 0 Å². The van der Waals surface area contributed by atoms with Crippen LogP contribution in [0.4, 0.5) is 0 Å². The standard InChI is InChI=1S/C19H25P.ClH/c1-4-16-12-13-19(18(6-3)17(16)5-2)20-14-15-10-8-7-9-11-15;/h7-13,20H,4-6,14H2,1-3H3;1H. The largest absolute Gasteiger partial charge is 0.147 e. The molecule has 2 aromatic rings. The van der Waals surface area contributed by atoms with Gasteiger partial charge in [0.15, 0.2) is 0 Å². The van der Waals surface area contributed by atoms with Crippen LogP contribution in [0, 0.1) is 0 Å². The molecule has 0 radical (unpaired) electrons. The van der Waals surface area contributed by atoms with Crippen molar-refractivity contribution in [1.82, 2.24) is 0 Å². The van der Waals surface area contributed by atoms with Gasteiger partial charge in [0.05, 0.1) is 0 Å². The van der Waals surface area contributed by atoms with Gasteiger partial charge in [0, 0.05) is 0 Å². The third-order valence-electron chi connectivity index (χ3n) is 3.94. The highest BCUT2D eigenvalue weighted by atomic mass is 35.5. The first-order chi connectivity index (χ1) is 9.80. The Labute approximate surface area is 137 Å². The second-order valence-electron chi connectivity index (χ2n) is 5.13. The van der Waals surface area contributed by atoms with E-state index < -0.39 is 0 Å². The quantitative estimate of drug-likeness (QED) is 0.634. The van der Waals surface area contributed by atoms with Gasteiger partial charge in [-0.05, 0) is 53.0 Å². The van der Waals surface area contributed by atoms with Crippen LogP contribution >= 0.6 is 21.0 Å². The van der Waals surface area contributed by atoms with Crippen molar-refractivity contribution >= 4 is 26.3 Å². The fraction of sp³-hybridized carbons (Fsp3) is 0.368. The highest BCUT2D eigenvalue weighted by Gasteiger charge is 2.09. The fourth-order valence-electron chi connectivity index (χ4n) is 2.88. The lowest BCUT2D eigenvalue weighted by Crippen LogP contribution is -2.10. The molecule has 21 heavy (non-hydrogen) atoms. The van der Waals surface area contributed by atoms with Gasteiger partial charge >= 0.3 is 0 Å². The van der Waals surface area contributed by atoms with E-state index in [1.165, 1.54) is 17.3 Å². The number of hydrogen-bond donors (Lipinski definition) is 0. The van der Waals surface area contributed by atoms with Crippen molar-refractivity contribution in [3.05, 3.63) is 64.7 Å². The van der Waals surface area contributed by atoms with Gasteiger partial charge in [-0.15, -0.1) is 12.4 Å². The average Bonchev–Trinajstić information content (AvgIpc) is 2.52. The van der Waals surface area contributed by atoms with Gasteiger partial charge in [-0.3, -0.25) is 0 Å². The molecule has 2 aromatic carbocycles. The van der Waals surface area contributed by atoms with Gasteiger partial charge in [-0.1, -0.05) is 71.8 Å². The van der Waals surface area contributed by atoms with Gasteiger partial charge in [0.2, 0.25) is 0 Å². The topological polar surface area (TPSA) is 0 Å². The van der Waals surface area contributed by atoms with Crippen molar-refractivity contribution in [2.45, 2.75) is 46.2 Å². The first kappa shape index (κ1) is 18.2. The van der Waals surface area contributed by atoms with Crippen LogP contribution in [0.1, 0.15) is 43.0 Å². The highest BCUT2D eigenvalue weighted by Crippen LogP contribution is 2.25. The van der Waals surface area contributed by atoms with Gasteiger partial charge < -0.3 is 0 Å². The van der Waals surface area contributed by atoms with Crippen molar-refractivity contribution < 1.29 is 0 Å². The Bertz CT molecular complexity index is 549. The van der Waals surface area contributed by atoms with Gasteiger partial charge in [-0.25, -0.2) is 0 Å². The predicted molar refractivity (Wildman–Crippen MR) is 99.9 cm³/mol. The Hall–Kier alpha value is -0.840. The van der Waals surface area contributed by atoms with E-state index in [0.717, 1.165) is 27.8 Å². The zero-order valence-corrected chi connectivity index (χ0v) is 15.1. The predicted octanol–water partition coefficient (Wildman–Crippen LogP) is 5.30. The molecule has 1 unspecified atom stereocenters. The van der Waals surface area contributed by atoms with Crippen LogP contribution in [0.15, 0.2) is 42.5 Å². The summed E-state index contributed by atoms with van der Waals surface area (Å²) >= 11 is 0. The molecule has 0 heterocycles. The summed E-state index contributed by atoms with van der Waals surface area (Å²) in [5.41, 5.74) is 6.21. The minimum Gasteiger partial charge on any atom is -0.147 e. The molecule has 0 bridgehead atoms. The first-order valence-electron chi connectivity index (χ1n) is 7.71. The summed E-state index contributed by atoms with van der Waals surface area (Å²) in [5, 5.41) is 1.57. The molecule has 0 nitrogen and oxygen atoms in total. The van der Waals surface area contributed by atoms with Gasteiger partial charge in [0.25, 0.3) is 0 Å². The molecule has 2 rings (SSSR count). The van der Waals surface area contributed by atoms with E-state index >= 15 is 0 Å². The smallest absolute Gasteiger partial charge is 0.00601 e. The molecule has 0 amide bonds. The maximum Gasteiger partial charge on any atom is -0.00601 e. The summed E-state index contributed by atoms with van der Waals surface area (Å²) in [4.78, 5) is 0. The fourth-order valence-corrected chi connectivity index (χ4v) is 4.25. The summed E-state index contributed by atoms with van der Waals surface area (Å²) in [5.74, 6) is 0. The summed E-state index contributed by atoms with van der Waals surface area (Å²) in [6.45, 7) is 6.85. The molecule has 0 spiro atoms. The van der Waals surface area contributed by atoms with Crippen LogP contribution < -0.4 is 5.30 Å². The Kier molecular flexibility index (Phi) is 8.01. The van der Waals surface area contributed by atoms with Crippen molar-refractivity contribution in [3.63, 3.8) is 0 Å². The maximum absolute atomic E-state index is 2.37. The van der Waals surface area contributed by atoms with E-state index in [2.05, 4.69) is 63.2 Å². The zero-order valence-electron chi connectivity index (χ0n) is 13.3. The molecule has 1 atom stereocenters. The normalized spacial score (nSPS) is 10.8. The molecule has 0 aliphatic heterocycles. The van der Waals surface area contributed by atoms with Crippen molar-refractivity contribution in [2.24, 2.45) is 0 Å². The van der Waals surface area contributed by atoms with E-state index in [9.17, 15) is 0 Å². The van der Waals surface area contributed by atoms with Gasteiger partial charge in [0.1, 0.15) is 0 Å². The molecule has 0 fully saturated rings. The van der Waals surface area contributed by atoms with Crippen LogP contribution in [-0.4, -0.2) is 0 Å². The van der Waals surface area contributed by atoms with Crippen molar-refractivity contribution in [3.8, 4) is 0 Å². The monoisotopic (exact) mass is 320 g/mol. The third kappa shape index (κ3) is 4.56. The van der Waals surface area contributed by atoms with E-state index in [1.807, 2.05) is 0 Å². The summed E-state index contributed by atoms with van der Waals surface area (Å²) in [6, 6.07) is 15.6. The summed E-state index contributed by atoms with van der Waals surface area (Å²) in [7, 11) is 0.885.